The summed E-state index contributed by atoms with van der Waals surface area (Å²) in [6.45, 7) is 1.75. The molecule has 2 nitrogen and oxygen atoms in total. The lowest BCUT2D eigenvalue weighted by Gasteiger charge is -2.08. The van der Waals surface area contributed by atoms with E-state index in [0.29, 0.717) is 6.42 Å². The van der Waals surface area contributed by atoms with Crippen LogP contribution < -0.4 is 0 Å². The quantitative estimate of drug-likeness (QED) is 0.818. The molecule has 0 aromatic heterocycles. The van der Waals surface area contributed by atoms with Crippen molar-refractivity contribution in [1.29, 1.82) is 0 Å². The summed E-state index contributed by atoms with van der Waals surface area (Å²) in [6.07, 6.45) is 3.72. The third kappa shape index (κ3) is 1.94. The van der Waals surface area contributed by atoms with Gasteiger partial charge in [0.05, 0.1) is 5.92 Å². The van der Waals surface area contributed by atoms with Crippen LogP contribution in [-0.2, 0) is 11.2 Å². The Bertz CT molecular complexity index is 418. The second kappa shape index (κ2) is 3.89. The molecule has 1 aromatic carbocycles. The zero-order valence-corrected chi connectivity index (χ0v) is 8.73. The minimum atomic E-state index is -0.722. The van der Waals surface area contributed by atoms with Gasteiger partial charge < -0.3 is 5.11 Å². The molecule has 2 rings (SSSR count). The standard InChI is InChI=1S/C13H14O2/c1-9(13(14)15)8-11-7-6-10-4-2-3-5-12(10)11/h2-5,7,9H,6,8H2,1H3,(H,14,15)/t9-/m1/s1. The lowest BCUT2D eigenvalue weighted by molar-refractivity contribution is -0.140. The molecule has 0 amide bonds. The van der Waals surface area contributed by atoms with E-state index in [1.165, 1.54) is 16.7 Å². The number of rotatable bonds is 3. The van der Waals surface area contributed by atoms with Gasteiger partial charge >= 0.3 is 5.97 Å². The molecule has 1 aliphatic carbocycles. The Labute approximate surface area is 89.2 Å². The molecular weight excluding hydrogens is 188 g/mol. The molecule has 1 aliphatic rings. The number of hydrogen-bond donors (Lipinski definition) is 1. The van der Waals surface area contributed by atoms with Gasteiger partial charge in [0.15, 0.2) is 0 Å². The van der Waals surface area contributed by atoms with Crippen LogP contribution in [0.25, 0.3) is 5.57 Å². The molecule has 1 N–H and O–H groups in total. The molecule has 0 radical (unpaired) electrons. The first kappa shape index (κ1) is 9.97. The van der Waals surface area contributed by atoms with Crippen LogP contribution >= 0.6 is 0 Å². The van der Waals surface area contributed by atoms with E-state index in [4.69, 9.17) is 5.11 Å². The zero-order chi connectivity index (χ0) is 10.8. The second-order valence-electron chi connectivity index (χ2n) is 4.03. The zero-order valence-electron chi connectivity index (χ0n) is 8.73. The SMILES string of the molecule is C[C@H](CC1=CCc2ccccc21)C(=O)O. The van der Waals surface area contributed by atoms with Crippen molar-refractivity contribution in [2.75, 3.05) is 0 Å². The topological polar surface area (TPSA) is 37.3 Å². The monoisotopic (exact) mass is 202 g/mol. The van der Waals surface area contributed by atoms with Gasteiger partial charge in [-0.2, -0.15) is 0 Å². The predicted octanol–water partition coefficient (Wildman–Crippen LogP) is 2.74. The molecule has 0 spiro atoms. The van der Waals surface area contributed by atoms with Gasteiger partial charge in [-0.05, 0) is 29.5 Å². The van der Waals surface area contributed by atoms with E-state index in [2.05, 4.69) is 18.2 Å². The van der Waals surface area contributed by atoms with Gasteiger partial charge in [-0.15, -0.1) is 0 Å². The summed E-state index contributed by atoms with van der Waals surface area (Å²) in [6, 6.07) is 8.20. The molecular formula is C13H14O2. The summed E-state index contributed by atoms with van der Waals surface area (Å²) in [4.78, 5) is 10.8. The number of allylic oxidation sites excluding steroid dienone is 2. The number of hydrogen-bond acceptors (Lipinski definition) is 1. The molecule has 0 saturated carbocycles. The van der Waals surface area contributed by atoms with Gasteiger partial charge in [-0.25, -0.2) is 0 Å². The van der Waals surface area contributed by atoms with Crippen LogP contribution in [0, 0.1) is 5.92 Å². The Morgan fingerprint density at radius 3 is 2.93 bits per heavy atom. The first-order chi connectivity index (χ1) is 7.18. The Balaban J connectivity index is 2.17. The summed E-state index contributed by atoms with van der Waals surface area (Å²) in [7, 11) is 0. The van der Waals surface area contributed by atoms with Crippen LogP contribution in [0.15, 0.2) is 30.3 Å². The van der Waals surface area contributed by atoms with Crippen LogP contribution in [0.5, 0.6) is 0 Å². The van der Waals surface area contributed by atoms with E-state index in [0.717, 1.165) is 6.42 Å². The van der Waals surface area contributed by atoms with Crippen molar-refractivity contribution < 1.29 is 9.90 Å². The minimum Gasteiger partial charge on any atom is -0.481 e. The van der Waals surface area contributed by atoms with Crippen LogP contribution in [-0.4, -0.2) is 11.1 Å². The second-order valence-corrected chi connectivity index (χ2v) is 4.03. The third-order valence-electron chi connectivity index (χ3n) is 2.88. The average molecular weight is 202 g/mol. The van der Waals surface area contributed by atoms with Gasteiger partial charge in [0.25, 0.3) is 0 Å². The molecule has 0 bridgehead atoms. The molecule has 2 heteroatoms. The minimum absolute atomic E-state index is 0.303. The van der Waals surface area contributed by atoms with E-state index in [9.17, 15) is 4.79 Å². The first-order valence-electron chi connectivity index (χ1n) is 5.18. The highest BCUT2D eigenvalue weighted by molar-refractivity contribution is 5.78. The summed E-state index contributed by atoms with van der Waals surface area (Å²) in [5.41, 5.74) is 3.72. The van der Waals surface area contributed by atoms with Gasteiger partial charge in [0.1, 0.15) is 0 Å². The van der Waals surface area contributed by atoms with Crippen LogP contribution in [0.2, 0.25) is 0 Å². The van der Waals surface area contributed by atoms with Crippen molar-refractivity contribution in [1.82, 2.24) is 0 Å². The molecule has 1 atom stereocenters. The molecule has 0 aliphatic heterocycles. The summed E-state index contributed by atoms with van der Waals surface area (Å²) in [5, 5.41) is 8.86. The first-order valence-corrected chi connectivity index (χ1v) is 5.18. The number of benzene rings is 1. The molecule has 0 saturated heterocycles. The summed E-state index contributed by atoms with van der Waals surface area (Å²) < 4.78 is 0. The highest BCUT2D eigenvalue weighted by atomic mass is 16.4. The number of carboxylic acid groups (broad SMARTS) is 1. The Kier molecular flexibility index (Phi) is 2.58. The molecule has 0 fully saturated rings. The number of carboxylic acids is 1. The van der Waals surface area contributed by atoms with Crippen molar-refractivity contribution in [3.63, 3.8) is 0 Å². The highest BCUT2D eigenvalue weighted by Gasteiger charge is 2.18. The van der Waals surface area contributed by atoms with E-state index < -0.39 is 5.97 Å². The number of aliphatic carboxylic acids is 1. The number of fused-ring (bicyclic) bond motifs is 1. The Hall–Kier alpha value is -1.57. The lowest BCUT2D eigenvalue weighted by atomic mass is 9.97. The molecule has 0 unspecified atom stereocenters. The fourth-order valence-corrected chi connectivity index (χ4v) is 1.97. The molecule has 1 aromatic rings. The molecule has 78 valence electrons. The fourth-order valence-electron chi connectivity index (χ4n) is 1.97. The van der Waals surface area contributed by atoms with Crippen molar-refractivity contribution >= 4 is 11.5 Å². The van der Waals surface area contributed by atoms with Gasteiger partial charge in [0, 0.05) is 0 Å². The maximum atomic E-state index is 10.8. The summed E-state index contributed by atoms with van der Waals surface area (Å²) >= 11 is 0. The average Bonchev–Trinajstić information content (AvgIpc) is 2.62. The van der Waals surface area contributed by atoms with Crippen molar-refractivity contribution in [3.05, 3.63) is 41.5 Å². The normalized spacial score (nSPS) is 15.7. The van der Waals surface area contributed by atoms with Crippen molar-refractivity contribution in [3.8, 4) is 0 Å². The van der Waals surface area contributed by atoms with E-state index in [1.54, 1.807) is 6.92 Å². The number of carbonyl (C=O) groups is 1. The molecule has 15 heavy (non-hydrogen) atoms. The Morgan fingerprint density at radius 1 is 1.47 bits per heavy atom. The van der Waals surface area contributed by atoms with E-state index >= 15 is 0 Å². The highest BCUT2D eigenvalue weighted by Crippen LogP contribution is 2.31. The lowest BCUT2D eigenvalue weighted by Crippen LogP contribution is -2.09. The summed E-state index contributed by atoms with van der Waals surface area (Å²) in [5.74, 6) is -1.03. The molecule has 0 heterocycles. The largest absolute Gasteiger partial charge is 0.481 e. The van der Waals surface area contributed by atoms with Gasteiger partial charge in [-0.1, -0.05) is 37.3 Å². The van der Waals surface area contributed by atoms with E-state index in [-0.39, 0.29) is 5.92 Å². The smallest absolute Gasteiger partial charge is 0.306 e. The maximum Gasteiger partial charge on any atom is 0.306 e. The van der Waals surface area contributed by atoms with Gasteiger partial charge in [0.2, 0.25) is 0 Å². The Morgan fingerprint density at radius 2 is 2.20 bits per heavy atom. The van der Waals surface area contributed by atoms with E-state index in [1.807, 2.05) is 12.1 Å². The fraction of sp³-hybridized carbons (Fsp3) is 0.308. The van der Waals surface area contributed by atoms with Crippen LogP contribution in [0.1, 0.15) is 24.5 Å². The maximum absolute atomic E-state index is 10.8. The van der Waals surface area contributed by atoms with Crippen molar-refractivity contribution in [2.45, 2.75) is 19.8 Å². The van der Waals surface area contributed by atoms with Crippen LogP contribution in [0.4, 0.5) is 0 Å². The van der Waals surface area contributed by atoms with Crippen molar-refractivity contribution in [2.24, 2.45) is 5.92 Å². The van der Waals surface area contributed by atoms with Crippen LogP contribution in [0.3, 0.4) is 0 Å². The predicted molar refractivity (Wildman–Crippen MR) is 59.5 cm³/mol. The van der Waals surface area contributed by atoms with Gasteiger partial charge in [-0.3, -0.25) is 4.79 Å². The third-order valence-corrected chi connectivity index (χ3v) is 2.88.